The van der Waals surface area contributed by atoms with Gasteiger partial charge in [0.05, 0.1) is 12.7 Å². The summed E-state index contributed by atoms with van der Waals surface area (Å²) in [6.07, 6.45) is 0.765. The van der Waals surface area contributed by atoms with Crippen molar-refractivity contribution in [3.63, 3.8) is 0 Å². The van der Waals surface area contributed by atoms with Crippen molar-refractivity contribution >= 4 is 18.9 Å². The summed E-state index contributed by atoms with van der Waals surface area (Å²) in [5.41, 5.74) is 2.05. The zero-order chi connectivity index (χ0) is 18.6. The second-order valence-electron chi connectivity index (χ2n) is 7.14. The minimum atomic E-state index is -0.614. The molecule has 3 rings (SSSR count). The van der Waals surface area contributed by atoms with Crippen LogP contribution in [0.5, 0.6) is 11.5 Å². The van der Waals surface area contributed by atoms with Gasteiger partial charge in [-0.05, 0) is 11.6 Å². The topological polar surface area (TPSA) is 54.0 Å². The van der Waals surface area contributed by atoms with Crippen molar-refractivity contribution in [3.05, 3.63) is 53.6 Å². The Morgan fingerprint density at radius 3 is 2.46 bits per heavy atom. The van der Waals surface area contributed by atoms with Gasteiger partial charge in [-0.3, -0.25) is 4.79 Å². The molecule has 1 heterocycles. The molecule has 1 aliphatic rings. The lowest BCUT2D eigenvalue weighted by atomic mass is 9.73. The van der Waals surface area contributed by atoms with Crippen LogP contribution >= 0.6 is 0 Å². The molecule has 0 amide bonds. The van der Waals surface area contributed by atoms with Gasteiger partial charge in [0.2, 0.25) is 0 Å². The van der Waals surface area contributed by atoms with Gasteiger partial charge in [-0.15, -0.1) is 0 Å². The largest absolute Gasteiger partial charge is 0.496 e. The molecule has 6 heteroatoms. The second kappa shape index (κ2) is 7.93. The van der Waals surface area contributed by atoms with E-state index < -0.39 is 7.12 Å². The van der Waals surface area contributed by atoms with E-state index in [1.54, 1.807) is 12.1 Å². The number of benzene rings is 2. The first-order valence-corrected chi connectivity index (χ1v) is 8.59. The number of carbonyl (C=O) groups is 1. The van der Waals surface area contributed by atoms with E-state index in [0.717, 1.165) is 11.8 Å². The third-order valence-electron chi connectivity index (χ3n) is 4.24. The van der Waals surface area contributed by atoms with Crippen LogP contribution in [-0.4, -0.2) is 33.7 Å². The number of rotatable bonds is 6. The SMILES string of the molecule is COc1cc(OCc2ccccc2)cc(B2OCC(C)(C)CO2)c1C=O. The highest BCUT2D eigenvalue weighted by atomic mass is 16.6. The predicted molar refractivity (Wildman–Crippen MR) is 100 cm³/mol. The van der Waals surface area contributed by atoms with Gasteiger partial charge in [0, 0.05) is 30.2 Å². The number of methoxy groups -OCH3 is 1. The molecule has 136 valence electrons. The van der Waals surface area contributed by atoms with E-state index in [4.69, 9.17) is 18.8 Å². The zero-order valence-corrected chi connectivity index (χ0v) is 15.4. The third kappa shape index (κ3) is 4.26. The molecule has 5 nitrogen and oxygen atoms in total. The Bertz CT molecular complexity index is 750. The molecule has 1 aliphatic heterocycles. The van der Waals surface area contributed by atoms with E-state index in [0.29, 0.717) is 42.3 Å². The molecule has 0 spiro atoms. The summed E-state index contributed by atoms with van der Waals surface area (Å²) in [5.74, 6) is 1.04. The fourth-order valence-electron chi connectivity index (χ4n) is 2.81. The Morgan fingerprint density at radius 2 is 1.85 bits per heavy atom. The molecule has 0 aromatic heterocycles. The predicted octanol–water partition coefficient (Wildman–Crippen LogP) is 2.85. The molecule has 2 aromatic rings. The zero-order valence-electron chi connectivity index (χ0n) is 15.4. The van der Waals surface area contributed by atoms with Crippen LogP contribution in [0.25, 0.3) is 0 Å². The highest BCUT2D eigenvalue weighted by Crippen LogP contribution is 2.27. The van der Waals surface area contributed by atoms with E-state index >= 15 is 0 Å². The highest BCUT2D eigenvalue weighted by Gasteiger charge is 2.36. The van der Waals surface area contributed by atoms with Crippen LogP contribution in [0.2, 0.25) is 0 Å². The van der Waals surface area contributed by atoms with E-state index in [1.807, 2.05) is 30.3 Å². The lowest BCUT2D eigenvalue weighted by molar-refractivity contribution is 0.0342. The monoisotopic (exact) mass is 354 g/mol. The minimum Gasteiger partial charge on any atom is -0.496 e. The fourth-order valence-corrected chi connectivity index (χ4v) is 2.81. The van der Waals surface area contributed by atoms with E-state index in [-0.39, 0.29) is 5.41 Å². The molecule has 0 bridgehead atoms. The van der Waals surface area contributed by atoms with Crippen molar-refractivity contribution in [2.24, 2.45) is 5.41 Å². The van der Waals surface area contributed by atoms with Crippen LogP contribution in [0.15, 0.2) is 42.5 Å². The number of hydrogen-bond acceptors (Lipinski definition) is 5. The molecule has 26 heavy (non-hydrogen) atoms. The molecule has 0 unspecified atom stereocenters. The highest BCUT2D eigenvalue weighted by molar-refractivity contribution is 6.63. The maximum Gasteiger partial charge on any atom is 0.494 e. The van der Waals surface area contributed by atoms with Gasteiger partial charge in [-0.2, -0.15) is 0 Å². The number of aldehydes is 1. The van der Waals surface area contributed by atoms with Crippen LogP contribution in [-0.2, 0) is 15.9 Å². The first-order valence-electron chi connectivity index (χ1n) is 8.59. The summed E-state index contributed by atoms with van der Waals surface area (Å²) in [6, 6.07) is 13.4. The van der Waals surface area contributed by atoms with Crippen LogP contribution in [0.3, 0.4) is 0 Å². The van der Waals surface area contributed by atoms with E-state index in [1.165, 1.54) is 7.11 Å². The molecule has 0 radical (unpaired) electrons. The van der Waals surface area contributed by atoms with Gasteiger partial charge in [0.1, 0.15) is 18.1 Å². The van der Waals surface area contributed by atoms with Crippen LogP contribution in [0.4, 0.5) is 0 Å². The van der Waals surface area contributed by atoms with Crippen molar-refractivity contribution in [2.75, 3.05) is 20.3 Å². The Hall–Kier alpha value is -2.31. The molecule has 1 saturated heterocycles. The summed E-state index contributed by atoms with van der Waals surface area (Å²) in [4.78, 5) is 11.6. The van der Waals surface area contributed by atoms with Crippen molar-refractivity contribution < 1.29 is 23.6 Å². The van der Waals surface area contributed by atoms with Gasteiger partial charge in [0.25, 0.3) is 0 Å². The van der Waals surface area contributed by atoms with E-state index in [9.17, 15) is 4.79 Å². The average molecular weight is 354 g/mol. The average Bonchev–Trinajstić information content (AvgIpc) is 2.66. The van der Waals surface area contributed by atoms with Crippen molar-refractivity contribution in [3.8, 4) is 11.5 Å². The fraction of sp³-hybridized carbons (Fsp3) is 0.350. The molecule has 1 fully saturated rings. The van der Waals surface area contributed by atoms with Crippen LogP contribution < -0.4 is 14.9 Å². The summed E-state index contributed by atoms with van der Waals surface area (Å²) >= 11 is 0. The van der Waals surface area contributed by atoms with Gasteiger partial charge in [-0.1, -0.05) is 44.2 Å². The van der Waals surface area contributed by atoms with Gasteiger partial charge < -0.3 is 18.8 Å². The summed E-state index contributed by atoms with van der Waals surface area (Å²) < 4.78 is 23.0. The van der Waals surface area contributed by atoms with Crippen molar-refractivity contribution in [1.29, 1.82) is 0 Å². The summed E-state index contributed by atoms with van der Waals surface area (Å²) in [5, 5.41) is 0. The van der Waals surface area contributed by atoms with Gasteiger partial charge in [0.15, 0.2) is 6.29 Å². The number of hydrogen-bond donors (Lipinski definition) is 0. The molecule has 0 atom stereocenters. The number of carbonyl (C=O) groups excluding carboxylic acids is 1. The first-order chi connectivity index (χ1) is 12.5. The molecule has 0 N–H and O–H groups in total. The third-order valence-corrected chi connectivity index (χ3v) is 4.24. The first kappa shape index (κ1) is 18.5. The Kier molecular flexibility index (Phi) is 5.64. The minimum absolute atomic E-state index is 0.0522. The van der Waals surface area contributed by atoms with E-state index in [2.05, 4.69) is 13.8 Å². The van der Waals surface area contributed by atoms with Gasteiger partial charge >= 0.3 is 7.12 Å². The molecule has 2 aromatic carbocycles. The molecule has 0 aliphatic carbocycles. The lowest BCUT2D eigenvalue weighted by Crippen LogP contribution is -2.48. The second-order valence-corrected chi connectivity index (χ2v) is 7.14. The lowest BCUT2D eigenvalue weighted by Gasteiger charge is -2.33. The Balaban J connectivity index is 1.86. The van der Waals surface area contributed by atoms with Crippen molar-refractivity contribution in [2.45, 2.75) is 20.5 Å². The molecular weight excluding hydrogens is 331 g/mol. The molecule has 0 saturated carbocycles. The smallest absolute Gasteiger partial charge is 0.494 e. The van der Waals surface area contributed by atoms with Crippen molar-refractivity contribution in [1.82, 2.24) is 0 Å². The number of ether oxygens (including phenoxy) is 2. The normalized spacial score (nSPS) is 16.2. The Morgan fingerprint density at radius 1 is 1.15 bits per heavy atom. The summed E-state index contributed by atoms with van der Waals surface area (Å²) in [6.45, 7) is 5.66. The standard InChI is InChI=1S/C20H23BO5/c1-20(2)13-25-21(26-14-20)18-9-16(10-19(23-3)17(18)11-22)24-12-15-7-5-4-6-8-15/h4-11H,12-14H2,1-3H3. The van der Waals surface area contributed by atoms with Crippen LogP contribution in [0.1, 0.15) is 29.8 Å². The molecular formula is C20H23BO5. The maximum atomic E-state index is 11.6. The Labute approximate surface area is 154 Å². The summed E-state index contributed by atoms with van der Waals surface area (Å²) in [7, 11) is 0.913. The maximum absolute atomic E-state index is 11.6. The van der Waals surface area contributed by atoms with Crippen LogP contribution in [0, 0.1) is 5.41 Å². The quantitative estimate of drug-likeness (QED) is 0.590. The van der Waals surface area contributed by atoms with Gasteiger partial charge in [-0.25, -0.2) is 0 Å².